The number of rotatable bonds is 2. The third kappa shape index (κ3) is 1.30. The van der Waals surface area contributed by atoms with Crippen molar-refractivity contribution in [2.75, 3.05) is 0 Å². The molecular weight excluding hydrogens is 176 g/mol. The van der Waals surface area contributed by atoms with Crippen molar-refractivity contribution >= 4 is 11.0 Å². The molecule has 1 aromatic heterocycles. The van der Waals surface area contributed by atoms with Gasteiger partial charge in [-0.15, -0.1) is 0 Å². The standard InChI is InChI=1S/C11H14N2O/c1-7(2)10-8(5-14)3-4-9-11(10)13-6-12-9/h3-4,6-7,14H,5H2,1-2H3,(H,12,13). The lowest BCUT2D eigenvalue weighted by Gasteiger charge is -2.11. The smallest absolute Gasteiger partial charge is 0.0931 e. The average molecular weight is 190 g/mol. The molecule has 1 heterocycles. The molecule has 0 aliphatic heterocycles. The molecule has 2 aromatic rings. The summed E-state index contributed by atoms with van der Waals surface area (Å²) >= 11 is 0. The topological polar surface area (TPSA) is 48.9 Å². The minimum absolute atomic E-state index is 0.0797. The van der Waals surface area contributed by atoms with Crippen LogP contribution in [0.3, 0.4) is 0 Å². The number of aromatic nitrogens is 2. The van der Waals surface area contributed by atoms with Gasteiger partial charge in [-0.05, 0) is 23.1 Å². The van der Waals surface area contributed by atoms with Gasteiger partial charge in [0.1, 0.15) is 0 Å². The third-order valence-corrected chi connectivity index (χ3v) is 2.47. The van der Waals surface area contributed by atoms with Crippen LogP contribution >= 0.6 is 0 Å². The molecule has 2 N–H and O–H groups in total. The van der Waals surface area contributed by atoms with E-state index >= 15 is 0 Å². The Morgan fingerprint density at radius 2 is 2.21 bits per heavy atom. The summed E-state index contributed by atoms with van der Waals surface area (Å²) in [6.07, 6.45) is 1.69. The first-order valence-electron chi connectivity index (χ1n) is 4.79. The summed E-state index contributed by atoms with van der Waals surface area (Å²) in [6, 6.07) is 3.91. The molecule has 3 heteroatoms. The molecule has 14 heavy (non-hydrogen) atoms. The van der Waals surface area contributed by atoms with Crippen molar-refractivity contribution in [2.24, 2.45) is 0 Å². The Labute approximate surface area is 82.8 Å². The van der Waals surface area contributed by atoms with E-state index in [0.29, 0.717) is 5.92 Å². The number of H-pyrrole nitrogens is 1. The Balaban J connectivity index is 2.75. The molecule has 1 aromatic carbocycles. The molecule has 2 rings (SSSR count). The molecule has 0 aliphatic carbocycles. The lowest BCUT2D eigenvalue weighted by atomic mass is 9.96. The number of hydrogen-bond donors (Lipinski definition) is 2. The zero-order valence-electron chi connectivity index (χ0n) is 8.41. The molecule has 0 amide bonds. The Hall–Kier alpha value is -1.35. The van der Waals surface area contributed by atoms with Gasteiger partial charge in [0.25, 0.3) is 0 Å². The largest absolute Gasteiger partial charge is 0.392 e. The predicted octanol–water partition coefficient (Wildman–Crippen LogP) is 2.18. The van der Waals surface area contributed by atoms with Crippen LogP contribution in [0, 0.1) is 0 Å². The Kier molecular flexibility index (Phi) is 2.25. The van der Waals surface area contributed by atoms with Gasteiger partial charge in [0.2, 0.25) is 0 Å². The molecule has 0 atom stereocenters. The van der Waals surface area contributed by atoms with Gasteiger partial charge < -0.3 is 10.1 Å². The van der Waals surface area contributed by atoms with E-state index in [9.17, 15) is 5.11 Å². The third-order valence-electron chi connectivity index (χ3n) is 2.47. The molecule has 0 saturated heterocycles. The fourth-order valence-corrected chi connectivity index (χ4v) is 1.85. The highest BCUT2D eigenvalue weighted by Crippen LogP contribution is 2.26. The molecule has 0 radical (unpaired) electrons. The second-order valence-electron chi connectivity index (χ2n) is 3.75. The summed E-state index contributed by atoms with van der Waals surface area (Å²) in [5, 5.41) is 9.23. The SMILES string of the molecule is CC(C)c1c(CO)ccc2[nH]cnc12. The van der Waals surface area contributed by atoms with E-state index in [1.165, 1.54) is 0 Å². The van der Waals surface area contributed by atoms with Crippen LogP contribution in [-0.2, 0) is 6.61 Å². The van der Waals surface area contributed by atoms with Crippen LogP contribution in [0.1, 0.15) is 30.9 Å². The number of nitrogens with zero attached hydrogens (tertiary/aromatic N) is 1. The van der Waals surface area contributed by atoms with Crippen molar-refractivity contribution in [3.05, 3.63) is 29.6 Å². The highest BCUT2D eigenvalue weighted by molar-refractivity contribution is 5.80. The van der Waals surface area contributed by atoms with Crippen LogP contribution in [0.15, 0.2) is 18.5 Å². The number of imidazole rings is 1. The maximum atomic E-state index is 9.23. The fraction of sp³-hybridized carbons (Fsp3) is 0.364. The summed E-state index contributed by atoms with van der Waals surface area (Å²) in [5.41, 5.74) is 4.13. The van der Waals surface area contributed by atoms with E-state index in [1.807, 2.05) is 12.1 Å². The number of benzene rings is 1. The van der Waals surface area contributed by atoms with Crippen LogP contribution in [0.2, 0.25) is 0 Å². The van der Waals surface area contributed by atoms with E-state index in [-0.39, 0.29) is 6.61 Å². The van der Waals surface area contributed by atoms with Gasteiger partial charge in [0.15, 0.2) is 0 Å². The molecule has 0 aliphatic rings. The fourth-order valence-electron chi connectivity index (χ4n) is 1.85. The summed E-state index contributed by atoms with van der Waals surface area (Å²) < 4.78 is 0. The molecule has 0 bridgehead atoms. The molecule has 3 nitrogen and oxygen atoms in total. The van der Waals surface area contributed by atoms with Crippen molar-refractivity contribution in [3.8, 4) is 0 Å². The lowest BCUT2D eigenvalue weighted by Crippen LogP contribution is -1.97. The van der Waals surface area contributed by atoms with Crippen molar-refractivity contribution in [2.45, 2.75) is 26.4 Å². The van der Waals surface area contributed by atoms with Crippen molar-refractivity contribution in [1.29, 1.82) is 0 Å². The quantitative estimate of drug-likeness (QED) is 0.762. The summed E-state index contributed by atoms with van der Waals surface area (Å²) in [6.45, 7) is 4.31. The molecule has 0 unspecified atom stereocenters. The van der Waals surface area contributed by atoms with Gasteiger partial charge in [0.05, 0.1) is 24.0 Å². The van der Waals surface area contributed by atoms with Gasteiger partial charge in [0, 0.05) is 0 Å². The van der Waals surface area contributed by atoms with Crippen LogP contribution in [0.25, 0.3) is 11.0 Å². The summed E-state index contributed by atoms with van der Waals surface area (Å²) in [7, 11) is 0. The van der Waals surface area contributed by atoms with E-state index in [4.69, 9.17) is 0 Å². The zero-order chi connectivity index (χ0) is 10.1. The van der Waals surface area contributed by atoms with Crippen molar-refractivity contribution < 1.29 is 5.11 Å². The van der Waals surface area contributed by atoms with Gasteiger partial charge in [-0.3, -0.25) is 0 Å². The van der Waals surface area contributed by atoms with Gasteiger partial charge in [-0.2, -0.15) is 0 Å². The number of nitrogens with one attached hydrogen (secondary N) is 1. The highest BCUT2D eigenvalue weighted by atomic mass is 16.3. The molecule has 0 saturated carbocycles. The number of aromatic amines is 1. The van der Waals surface area contributed by atoms with E-state index < -0.39 is 0 Å². The summed E-state index contributed by atoms with van der Waals surface area (Å²) in [4.78, 5) is 7.36. The second-order valence-corrected chi connectivity index (χ2v) is 3.75. The van der Waals surface area contributed by atoms with E-state index in [0.717, 1.165) is 22.2 Å². The summed E-state index contributed by atoms with van der Waals surface area (Å²) in [5.74, 6) is 0.379. The first-order chi connectivity index (χ1) is 6.74. The average Bonchev–Trinajstić information content (AvgIpc) is 2.62. The highest BCUT2D eigenvalue weighted by Gasteiger charge is 2.11. The lowest BCUT2D eigenvalue weighted by molar-refractivity contribution is 0.280. The van der Waals surface area contributed by atoms with E-state index in [2.05, 4.69) is 23.8 Å². The maximum absolute atomic E-state index is 9.23. The maximum Gasteiger partial charge on any atom is 0.0931 e. The second kappa shape index (κ2) is 3.42. The zero-order valence-corrected chi connectivity index (χ0v) is 8.41. The van der Waals surface area contributed by atoms with Crippen LogP contribution in [0.4, 0.5) is 0 Å². The Morgan fingerprint density at radius 1 is 1.43 bits per heavy atom. The van der Waals surface area contributed by atoms with Gasteiger partial charge in [-0.1, -0.05) is 19.9 Å². The monoisotopic (exact) mass is 190 g/mol. The molecule has 74 valence electrons. The van der Waals surface area contributed by atoms with Gasteiger partial charge in [-0.25, -0.2) is 4.98 Å². The first kappa shape index (κ1) is 9.21. The molecular formula is C11H14N2O. The number of aliphatic hydroxyl groups excluding tert-OH is 1. The van der Waals surface area contributed by atoms with Crippen LogP contribution in [-0.4, -0.2) is 15.1 Å². The normalized spacial score (nSPS) is 11.4. The van der Waals surface area contributed by atoms with Crippen molar-refractivity contribution in [1.82, 2.24) is 9.97 Å². The van der Waals surface area contributed by atoms with Crippen molar-refractivity contribution in [3.63, 3.8) is 0 Å². The Bertz CT molecular complexity index is 445. The van der Waals surface area contributed by atoms with Crippen LogP contribution in [0.5, 0.6) is 0 Å². The number of fused-ring (bicyclic) bond motifs is 1. The minimum Gasteiger partial charge on any atom is -0.392 e. The minimum atomic E-state index is 0.0797. The predicted molar refractivity (Wildman–Crippen MR) is 56.1 cm³/mol. The number of aliphatic hydroxyl groups is 1. The first-order valence-corrected chi connectivity index (χ1v) is 4.79. The molecule has 0 fully saturated rings. The number of hydrogen-bond acceptors (Lipinski definition) is 2. The molecule has 0 spiro atoms. The Morgan fingerprint density at radius 3 is 2.86 bits per heavy atom. The van der Waals surface area contributed by atoms with E-state index in [1.54, 1.807) is 6.33 Å². The van der Waals surface area contributed by atoms with Gasteiger partial charge >= 0.3 is 0 Å². The van der Waals surface area contributed by atoms with Crippen LogP contribution < -0.4 is 0 Å².